The van der Waals surface area contributed by atoms with Crippen LogP contribution in [0.1, 0.15) is 19.4 Å². The maximum atomic E-state index is 12.7. The Morgan fingerprint density at radius 2 is 1.88 bits per heavy atom. The Hall–Kier alpha value is -0.830. The molecule has 0 N–H and O–H groups in total. The second kappa shape index (κ2) is 5.21. The molecule has 2 rings (SSSR count). The van der Waals surface area contributed by atoms with E-state index in [9.17, 15) is 4.57 Å². The van der Waals surface area contributed by atoms with Gasteiger partial charge < -0.3 is 0 Å². The lowest BCUT2D eigenvalue weighted by atomic mass is 10.2. The molecule has 0 fully saturated rings. The van der Waals surface area contributed by atoms with Crippen molar-refractivity contribution in [1.82, 2.24) is 0 Å². The van der Waals surface area contributed by atoms with Crippen LogP contribution >= 0.6 is 7.75 Å². The van der Waals surface area contributed by atoms with Crippen molar-refractivity contribution < 1.29 is 13.6 Å². The molecule has 1 heterocycles. The van der Waals surface area contributed by atoms with Crippen molar-refractivity contribution in [2.75, 3.05) is 24.4 Å². The second-order valence-corrected chi connectivity index (χ2v) is 5.74. The Balaban J connectivity index is 2.31. The summed E-state index contributed by atoms with van der Waals surface area (Å²) >= 11 is 0. The molecule has 0 aromatic heterocycles. The van der Waals surface area contributed by atoms with E-state index in [4.69, 9.17) is 9.05 Å². The van der Waals surface area contributed by atoms with Gasteiger partial charge in [0.25, 0.3) is 0 Å². The van der Waals surface area contributed by atoms with E-state index in [1.807, 2.05) is 32.0 Å². The molecule has 0 radical (unpaired) electrons. The SMILES string of the molecule is CCOP(=O)(OCC)N1CCc2ccccc21. The van der Waals surface area contributed by atoms with Crippen LogP contribution in [0, 0.1) is 0 Å². The van der Waals surface area contributed by atoms with Crippen molar-refractivity contribution in [3.8, 4) is 0 Å². The van der Waals surface area contributed by atoms with Crippen LogP contribution in [0.4, 0.5) is 5.69 Å². The van der Waals surface area contributed by atoms with E-state index in [0.717, 1.165) is 12.1 Å². The first kappa shape index (κ1) is 12.6. The van der Waals surface area contributed by atoms with Crippen molar-refractivity contribution in [2.45, 2.75) is 20.3 Å². The third kappa shape index (κ3) is 2.39. The lowest BCUT2D eigenvalue weighted by Gasteiger charge is -2.27. The molecule has 0 atom stereocenters. The minimum Gasteiger partial charge on any atom is -0.292 e. The molecule has 0 saturated carbocycles. The Bertz CT molecular complexity index is 426. The molecule has 0 amide bonds. The minimum atomic E-state index is -3.17. The van der Waals surface area contributed by atoms with Crippen molar-refractivity contribution in [2.24, 2.45) is 0 Å². The predicted molar refractivity (Wildman–Crippen MR) is 68.4 cm³/mol. The van der Waals surface area contributed by atoms with E-state index < -0.39 is 7.75 Å². The van der Waals surface area contributed by atoms with E-state index >= 15 is 0 Å². The van der Waals surface area contributed by atoms with Gasteiger partial charge in [-0.3, -0.25) is 13.7 Å². The molecule has 94 valence electrons. The topological polar surface area (TPSA) is 38.8 Å². The van der Waals surface area contributed by atoms with Gasteiger partial charge in [-0.1, -0.05) is 18.2 Å². The van der Waals surface area contributed by atoms with Gasteiger partial charge in [-0.15, -0.1) is 0 Å². The van der Waals surface area contributed by atoms with Crippen LogP contribution in [0.5, 0.6) is 0 Å². The summed E-state index contributed by atoms with van der Waals surface area (Å²) in [5.41, 5.74) is 2.17. The Kier molecular flexibility index (Phi) is 3.87. The Morgan fingerprint density at radius 3 is 2.53 bits per heavy atom. The normalized spacial score (nSPS) is 15.1. The average Bonchev–Trinajstić information content (AvgIpc) is 2.74. The van der Waals surface area contributed by atoms with Crippen molar-refractivity contribution in [3.05, 3.63) is 29.8 Å². The van der Waals surface area contributed by atoms with Gasteiger partial charge >= 0.3 is 7.75 Å². The number of benzene rings is 1. The zero-order valence-electron chi connectivity index (χ0n) is 10.3. The molecule has 4 nitrogen and oxygen atoms in total. The van der Waals surface area contributed by atoms with Crippen molar-refractivity contribution >= 4 is 13.4 Å². The molecule has 17 heavy (non-hydrogen) atoms. The van der Waals surface area contributed by atoms with Gasteiger partial charge in [-0.05, 0) is 31.9 Å². The number of anilines is 1. The maximum Gasteiger partial charge on any atom is 0.435 e. The molecular weight excluding hydrogens is 237 g/mol. The zero-order chi connectivity index (χ0) is 12.3. The molecule has 1 aromatic rings. The largest absolute Gasteiger partial charge is 0.435 e. The lowest BCUT2D eigenvalue weighted by molar-refractivity contribution is 0.218. The van der Waals surface area contributed by atoms with Crippen LogP contribution in [0.3, 0.4) is 0 Å². The maximum absolute atomic E-state index is 12.7. The second-order valence-electron chi connectivity index (χ2n) is 3.81. The molecule has 0 spiro atoms. The number of fused-ring (bicyclic) bond motifs is 1. The summed E-state index contributed by atoms with van der Waals surface area (Å²) < 4.78 is 25.2. The lowest BCUT2D eigenvalue weighted by Crippen LogP contribution is -2.20. The van der Waals surface area contributed by atoms with Crippen LogP contribution < -0.4 is 4.67 Å². The van der Waals surface area contributed by atoms with Gasteiger partial charge in [0, 0.05) is 12.2 Å². The van der Waals surface area contributed by atoms with Crippen LogP contribution in [-0.4, -0.2) is 19.8 Å². The molecule has 1 aliphatic heterocycles. The summed E-state index contributed by atoms with van der Waals surface area (Å²) in [6.45, 7) is 5.11. The van der Waals surface area contributed by atoms with Crippen molar-refractivity contribution in [1.29, 1.82) is 0 Å². The molecule has 0 saturated heterocycles. The smallest absolute Gasteiger partial charge is 0.292 e. The van der Waals surface area contributed by atoms with Gasteiger partial charge in [-0.2, -0.15) is 0 Å². The minimum absolute atomic E-state index is 0.385. The predicted octanol–water partition coefficient (Wildman–Crippen LogP) is 3.23. The number of nitrogens with zero attached hydrogens (tertiary/aromatic N) is 1. The van der Waals surface area contributed by atoms with Crippen molar-refractivity contribution in [3.63, 3.8) is 0 Å². The summed E-state index contributed by atoms with van der Waals surface area (Å²) in [6.07, 6.45) is 0.889. The number of rotatable bonds is 5. The van der Waals surface area contributed by atoms with Crippen LogP contribution in [0.2, 0.25) is 0 Å². The van der Waals surface area contributed by atoms with Gasteiger partial charge in [0.2, 0.25) is 0 Å². The molecule has 5 heteroatoms. The molecule has 0 bridgehead atoms. The van der Waals surface area contributed by atoms with Gasteiger partial charge in [-0.25, -0.2) is 4.57 Å². The van der Waals surface area contributed by atoms with Gasteiger partial charge in [0.05, 0.1) is 13.2 Å². The summed E-state index contributed by atoms with van der Waals surface area (Å²) in [5, 5.41) is 0. The molecule has 0 unspecified atom stereocenters. The molecule has 0 aliphatic carbocycles. The van der Waals surface area contributed by atoms with E-state index in [1.165, 1.54) is 5.56 Å². The first-order valence-electron chi connectivity index (χ1n) is 5.96. The van der Waals surface area contributed by atoms with E-state index in [-0.39, 0.29) is 0 Å². The Labute approximate surface area is 102 Å². The summed E-state index contributed by atoms with van der Waals surface area (Å²) in [4.78, 5) is 0. The number of hydrogen-bond donors (Lipinski definition) is 0. The fourth-order valence-electron chi connectivity index (χ4n) is 2.08. The van der Waals surface area contributed by atoms with E-state index in [2.05, 4.69) is 6.07 Å². The monoisotopic (exact) mass is 255 g/mol. The third-order valence-electron chi connectivity index (χ3n) is 2.74. The van der Waals surface area contributed by atoms with Gasteiger partial charge in [0.15, 0.2) is 0 Å². The van der Waals surface area contributed by atoms with Crippen LogP contribution in [-0.2, 0) is 20.0 Å². The first-order chi connectivity index (χ1) is 8.21. The first-order valence-corrected chi connectivity index (χ1v) is 7.46. The standard InChI is InChI=1S/C12H18NO3P/c1-3-15-17(14,16-4-2)13-10-9-11-7-5-6-8-12(11)13/h5-8H,3-4,9-10H2,1-2H3. The number of hydrogen-bond acceptors (Lipinski definition) is 3. The van der Waals surface area contributed by atoms with E-state index in [0.29, 0.717) is 19.8 Å². The number of para-hydroxylation sites is 1. The van der Waals surface area contributed by atoms with E-state index in [1.54, 1.807) is 4.67 Å². The molecule has 1 aliphatic rings. The van der Waals surface area contributed by atoms with Gasteiger partial charge in [0.1, 0.15) is 0 Å². The molecular formula is C12H18NO3P. The summed E-state index contributed by atoms with van der Waals surface area (Å²) in [6, 6.07) is 7.96. The Morgan fingerprint density at radius 1 is 1.24 bits per heavy atom. The van der Waals surface area contributed by atoms with Crippen LogP contribution in [0.15, 0.2) is 24.3 Å². The zero-order valence-corrected chi connectivity index (χ0v) is 11.2. The summed E-state index contributed by atoms with van der Waals surface area (Å²) in [5.74, 6) is 0. The highest BCUT2D eigenvalue weighted by Crippen LogP contribution is 2.56. The van der Waals surface area contributed by atoms with Crippen LogP contribution in [0.25, 0.3) is 0 Å². The highest BCUT2D eigenvalue weighted by atomic mass is 31.2. The fraction of sp³-hybridized carbons (Fsp3) is 0.500. The quantitative estimate of drug-likeness (QED) is 0.757. The fourth-order valence-corrected chi connectivity index (χ4v) is 3.89. The third-order valence-corrected chi connectivity index (χ3v) is 4.92. The highest BCUT2D eigenvalue weighted by molar-refractivity contribution is 7.55. The highest BCUT2D eigenvalue weighted by Gasteiger charge is 2.37. The summed E-state index contributed by atoms with van der Waals surface area (Å²) in [7, 11) is -3.17. The average molecular weight is 255 g/mol. The molecule has 1 aromatic carbocycles.